The molecule has 8 heteroatoms. The Hall–Kier alpha value is -1.99. The van der Waals surface area contributed by atoms with E-state index in [-0.39, 0.29) is 17.7 Å². The number of hydrogen-bond acceptors (Lipinski definition) is 6. The zero-order valence-electron chi connectivity index (χ0n) is 12.8. The number of rotatable bonds is 4. The van der Waals surface area contributed by atoms with Crippen LogP contribution in [0.2, 0.25) is 0 Å². The summed E-state index contributed by atoms with van der Waals surface area (Å²) in [4.78, 5) is 26.5. The van der Waals surface area contributed by atoms with E-state index < -0.39 is 22.4 Å². The quantitative estimate of drug-likeness (QED) is 0.663. The van der Waals surface area contributed by atoms with Gasteiger partial charge in [0.15, 0.2) is 5.82 Å². The molecular formula is C13H20N4O4. The number of carbonyl (C=O) groups excluding carboxylic acids is 1. The summed E-state index contributed by atoms with van der Waals surface area (Å²) in [6.45, 7) is 9.32. The first-order valence-corrected chi connectivity index (χ1v) is 6.82. The molecule has 1 saturated carbocycles. The van der Waals surface area contributed by atoms with Crippen molar-refractivity contribution in [1.82, 2.24) is 15.5 Å². The van der Waals surface area contributed by atoms with Crippen molar-refractivity contribution in [2.24, 2.45) is 5.92 Å². The van der Waals surface area contributed by atoms with Gasteiger partial charge in [-0.15, -0.1) is 0 Å². The van der Waals surface area contributed by atoms with Crippen LogP contribution in [0, 0.1) is 16.0 Å². The van der Waals surface area contributed by atoms with Gasteiger partial charge < -0.3 is 9.84 Å². The highest BCUT2D eigenvalue weighted by molar-refractivity contribution is 5.82. The van der Waals surface area contributed by atoms with E-state index >= 15 is 0 Å². The molecule has 0 aromatic carbocycles. The van der Waals surface area contributed by atoms with Crippen LogP contribution in [0.3, 0.4) is 0 Å². The highest BCUT2D eigenvalue weighted by Crippen LogP contribution is 2.34. The Bertz CT molecular complexity index is 573. The van der Waals surface area contributed by atoms with Crippen LogP contribution in [0.1, 0.15) is 52.8 Å². The van der Waals surface area contributed by atoms with E-state index in [1.54, 1.807) is 13.8 Å². The largest absolute Gasteiger partial charge is 0.343 e. The molecule has 21 heavy (non-hydrogen) atoms. The van der Waals surface area contributed by atoms with Crippen molar-refractivity contribution in [1.29, 1.82) is 0 Å². The van der Waals surface area contributed by atoms with Gasteiger partial charge in [0.25, 0.3) is 0 Å². The normalized spacial score (nSPS) is 22.0. The fourth-order valence-electron chi connectivity index (χ4n) is 1.93. The zero-order chi connectivity index (χ0) is 16.0. The van der Waals surface area contributed by atoms with E-state index in [0.717, 1.165) is 0 Å². The molecule has 1 aromatic rings. The highest BCUT2D eigenvalue weighted by atomic mass is 16.6. The molecule has 1 fully saturated rings. The summed E-state index contributed by atoms with van der Waals surface area (Å²) >= 11 is 0. The summed E-state index contributed by atoms with van der Waals surface area (Å²) in [6.07, 6.45) is 0.286. The molecule has 1 amide bonds. The minimum atomic E-state index is -0.839. The second-order valence-corrected chi connectivity index (χ2v) is 6.98. The molecule has 1 aliphatic rings. The Morgan fingerprint density at radius 3 is 2.43 bits per heavy atom. The van der Waals surface area contributed by atoms with Gasteiger partial charge in [-0.05, 0) is 13.8 Å². The Morgan fingerprint density at radius 1 is 1.38 bits per heavy atom. The average Bonchev–Trinajstić information content (AvgIpc) is 2.95. The molecule has 1 heterocycles. The molecule has 2 rings (SSSR count). The fraction of sp³-hybridized carbons (Fsp3) is 0.769. The first kappa shape index (κ1) is 15.4. The first-order valence-electron chi connectivity index (χ1n) is 6.82. The smallest absolute Gasteiger partial charge is 0.232 e. The number of aromatic nitrogens is 2. The third-order valence-corrected chi connectivity index (χ3v) is 3.43. The van der Waals surface area contributed by atoms with Gasteiger partial charge in [-0.2, -0.15) is 4.98 Å². The lowest BCUT2D eigenvalue weighted by molar-refractivity contribution is -0.497. The lowest BCUT2D eigenvalue weighted by Gasteiger charge is -2.22. The van der Waals surface area contributed by atoms with Gasteiger partial charge in [0, 0.05) is 16.8 Å². The summed E-state index contributed by atoms with van der Waals surface area (Å²) in [5.41, 5.74) is -1.12. The van der Waals surface area contributed by atoms with Crippen LogP contribution in [0.25, 0.3) is 0 Å². The van der Waals surface area contributed by atoms with Crippen LogP contribution in [-0.4, -0.2) is 27.0 Å². The molecule has 0 spiro atoms. The summed E-state index contributed by atoms with van der Waals surface area (Å²) in [6, 6.07) is -0.767. The van der Waals surface area contributed by atoms with Crippen molar-refractivity contribution in [3.05, 3.63) is 21.8 Å². The molecule has 8 nitrogen and oxygen atoms in total. The van der Waals surface area contributed by atoms with Crippen molar-refractivity contribution < 1.29 is 14.2 Å². The molecule has 0 radical (unpaired) electrons. The number of carbonyl (C=O) groups is 1. The zero-order valence-corrected chi connectivity index (χ0v) is 12.8. The molecule has 0 aliphatic heterocycles. The lowest BCUT2D eigenvalue weighted by atomic mass is 9.97. The van der Waals surface area contributed by atoms with E-state index in [4.69, 9.17) is 4.52 Å². The van der Waals surface area contributed by atoms with Gasteiger partial charge >= 0.3 is 0 Å². The van der Waals surface area contributed by atoms with Gasteiger partial charge in [-0.25, -0.2) is 0 Å². The maximum Gasteiger partial charge on any atom is 0.232 e. The number of nitro groups is 1. The van der Waals surface area contributed by atoms with Crippen LogP contribution >= 0.6 is 0 Å². The Morgan fingerprint density at radius 2 is 2.00 bits per heavy atom. The van der Waals surface area contributed by atoms with Crippen LogP contribution in [-0.2, 0) is 15.7 Å². The van der Waals surface area contributed by atoms with Crippen molar-refractivity contribution in [3.8, 4) is 0 Å². The summed E-state index contributed by atoms with van der Waals surface area (Å²) in [5, 5.41) is 17.3. The molecule has 0 unspecified atom stereocenters. The Balaban J connectivity index is 2.07. The third-order valence-electron chi connectivity index (χ3n) is 3.43. The van der Waals surface area contributed by atoms with Gasteiger partial charge in [-0.1, -0.05) is 25.9 Å². The number of nitrogens with zero attached hydrogens (tertiary/aromatic N) is 3. The molecule has 1 aliphatic carbocycles. The number of amides is 1. The second-order valence-electron chi connectivity index (χ2n) is 6.98. The van der Waals surface area contributed by atoms with Gasteiger partial charge in [0.2, 0.25) is 17.8 Å². The lowest BCUT2D eigenvalue weighted by Crippen LogP contribution is -2.43. The average molecular weight is 296 g/mol. The van der Waals surface area contributed by atoms with Gasteiger partial charge in [0.05, 0.1) is 5.54 Å². The molecule has 0 saturated heterocycles. The van der Waals surface area contributed by atoms with E-state index in [0.29, 0.717) is 11.7 Å². The minimum absolute atomic E-state index is 0.279. The van der Waals surface area contributed by atoms with Gasteiger partial charge in [0.1, 0.15) is 5.92 Å². The fourth-order valence-corrected chi connectivity index (χ4v) is 1.93. The Labute approximate surface area is 122 Å². The number of hydrogen-bond donors (Lipinski definition) is 1. The molecule has 1 aromatic heterocycles. The summed E-state index contributed by atoms with van der Waals surface area (Å²) < 4.78 is 5.21. The van der Waals surface area contributed by atoms with Crippen molar-refractivity contribution >= 4 is 5.91 Å². The number of nitrogens with one attached hydrogen (secondary N) is 1. The predicted molar refractivity (Wildman–Crippen MR) is 73.1 cm³/mol. The SMILES string of the molecule is CC(C)(C)c1nc(C(C)(C)NC(=O)[C@@H]2C[C@@H]2[N+](=O)[O-])no1. The van der Waals surface area contributed by atoms with E-state index in [1.165, 1.54) is 0 Å². The Kier molecular flexibility index (Phi) is 3.51. The monoisotopic (exact) mass is 296 g/mol. The van der Waals surface area contributed by atoms with E-state index in [9.17, 15) is 14.9 Å². The van der Waals surface area contributed by atoms with Crippen LogP contribution in [0.5, 0.6) is 0 Å². The maximum absolute atomic E-state index is 12.0. The first-order chi connectivity index (χ1) is 9.52. The maximum atomic E-state index is 12.0. The van der Waals surface area contributed by atoms with Crippen LogP contribution in [0.4, 0.5) is 0 Å². The molecule has 0 bridgehead atoms. The third kappa shape index (κ3) is 3.20. The molecule has 2 atom stereocenters. The summed E-state index contributed by atoms with van der Waals surface area (Å²) in [5.74, 6) is -0.0643. The predicted octanol–water partition coefficient (Wildman–Crippen LogP) is 1.38. The van der Waals surface area contributed by atoms with Gasteiger partial charge in [-0.3, -0.25) is 14.9 Å². The molecule has 1 N–H and O–H groups in total. The van der Waals surface area contributed by atoms with Crippen molar-refractivity contribution in [3.63, 3.8) is 0 Å². The minimum Gasteiger partial charge on any atom is -0.343 e. The van der Waals surface area contributed by atoms with Crippen LogP contribution < -0.4 is 5.32 Å². The van der Waals surface area contributed by atoms with Crippen LogP contribution in [0.15, 0.2) is 4.52 Å². The van der Waals surface area contributed by atoms with E-state index in [1.807, 2.05) is 20.8 Å². The second kappa shape index (κ2) is 4.78. The standard InChI is InChI=1S/C13H20N4O4/c1-12(2,3)11-14-10(16-21-11)13(4,5)15-9(18)7-6-8(7)17(19)20/h7-8H,6H2,1-5H3,(H,15,18)/t7-,8+/m1/s1. The van der Waals surface area contributed by atoms with Crippen molar-refractivity contribution in [2.45, 2.75) is 58.0 Å². The van der Waals surface area contributed by atoms with E-state index in [2.05, 4.69) is 15.5 Å². The summed E-state index contributed by atoms with van der Waals surface area (Å²) in [7, 11) is 0. The molecule has 116 valence electrons. The highest BCUT2D eigenvalue weighted by Gasteiger charge is 2.54. The van der Waals surface area contributed by atoms with Crippen molar-refractivity contribution in [2.75, 3.05) is 0 Å². The topological polar surface area (TPSA) is 111 Å². The molecular weight excluding hydrogens is 276 g/mol.